The number of rotatable bonds is 5. The van der Waals surface area contributed by atoms with E-state index < -0.39 is 0 Å². The highest BCUT2D eigenvalue weighted by molar-refractivity contribution is 5.96. The number of nitrogens with one attached hydrogen (secondary N) is 1. The van der Waals surface area contributed by atoms with Crippen LogP contribution in [0.3, 0.4) is 0 Å². The van der Waals surface area contributed by atoms with E-state index in [1.54, 1.807) is 4.68 Å². The zero-order valence-corrected chi connectivity index (χ0v) is 15.5. The summed E-state index contributed by atoms with van der Waals surface area (Å²) in [5, 5.41) is 7.23. The number of nitrogens with zero attached hydrogens (tertiary/aromatic N) is 3. The summed E-state index contributed by atoms with van der Waals surface area (Å²) in [5.74, 6) is -0.0370. The molecule has 136 valence electrons. The molecule has 7 nitrogen and oxygen atoms in total. The summed E-state index contributed by atoms with van der Waals surface area (Å²) >= 11 is 0. The lowest BCUT2D eigenvalue weighted by Crippen LogP contribution is -2.49. The van der Waals surface area contributed by atoms with Gasteiger partial charge in [-0.1, -0.05) is 0 Å². The molecule has 0 radical (unpaired) electrons. The number of amides is 2. The van der Waals surface area contributed by atoms with E-state index >= 15 is 0 Å². The van der Waals surface area contributed by atoms with Gasteiger partial charge in [-0.05, 0) is 33.1 Å². The van der Waals surface area contributed by atoms with E-state index in [0.29, 0.717) is 25.1 Å². The third kappa shape index (κ3) is 4.48. The van der Waals surface area contributed by atoms with Crippen LogP contribution in [0.15, 0.2) is 0 Å². The molecule has 0 aliphatic carbocycles. The summed E-state index contributed by atoms with van der Waals surface area (Å²) in [4.78, 5) is 26.5. The average Bonchev–Trinajstić information content (AvgIpc) is 2.78. The Kier molecular flexibility index (Phi) is 7.69. The Bertz CT molecular complexity index is 587. The molecule has 2 heterocycles. The first-order valence-electron chi connectivity index (χ1n) is 8.23. The first-order chi connectivity index (χ1) is 11.0. The highest BCUT2D eigenvalue weighted by Crippen LogP contribution is 2.22. The minimum absolute atomic E-state index is 0. The summed E-state index contributed by atoms with van der Waals surface area (Å²) < 4.78 is 1.74. The van der Waals surface area contributed by atoms with Crippen LogP contribution in [0.2, 0.25) is 0 Å². The van der Waals surface area contributed by atoms with Crippen molar-refractivity contribution in [3.05, 3.63) is 17.0 Å². The van der Waals surface area contributed by atoms with Crippen LogP contribution >= 0.6 is 12.4 Å². The van der Waals surface area contributed by atoms with Crippen LogP contribution < -0.4 is 11.1 Å². The second-order valence-corrected chi connectivity index (χ2v) is 6.16. The van der Waals surface area contributed by atoms with Crippen LogP contribution in [0.5, 0.6) is 0 Å². The van der Waals surface area contributed by atoms with Gasteiger partial charge in [-0.2, -0.15) is 5.10 Å². The number of carbonyl (C=O) groups is 2. The maximum Gasteiger partial charge on any atom is 0.257 e. The predicted octanol–water partition coefficient (Wildman–Crippen LogP) is 0.918. The molecule has 1 aromatic heterocycles. The number of nitrogens with two attached hydrogens (primary N) is 1. The number of halogens is 1. The molecule has 0 aromatic carbocycles. The lowest BCUT2D eigenvalue weighted by atomic mass is 10.00. The van der Waals surface area contributed by atoms with Crippen LogP contribution in [0.1, 0.15) is 47.4 Å². The van der Waals surface area contributed by atoms with Gasteiger partial charge in [-0.3, -0.25) is 14.3 Å². The maximum atomic E-state index is 13.0. The molecule has 1 atom stereocenters. The van der Waals surface area contributed by atoms with Crippen molar-refractivity contribution in [1.82, 2.24) is 20.0 Å². The Balaban J connectivity index is 0.00000288. The number of piperidine rings is 1. The summed E-state index contributed by atoms with van der Waals surface area (Å²) in [6.07, 6.45) is 3.30. The van der Waals surface area contributed by atoms with Crippen molar-refractivity contribution in [2.45, 2.75) is 45.6 Å². The number of aryl methyl sites for hydroxylation is 2. The zero-order chi connectivity index (χ0) is 17.0. The van der Waals surface area contributed by atoms with E-state index in [2.05, 4.69) is 10.4 Å². The molecule has 2 amide bonds. The summed E-state index contributed by atoms with van der Waals surface area (Å²) in [7, 11) is 1.85. The van der Waals surface area contributed by atoms with Crippen molar-refractivity contribution < 1.29 is 9.59 Å². The van der Waals surface area contributed by atoms with E-state index in [9.17, 15) is 9.59 Å². The molecular formula is C16H28ClN5O2. The Morgan fingerprint density at radius 3 is 2.62 bits per heavy atom. The molecule has 3 N–H and O–H groups in total. The second kappa shape index (κ2) is 9.03. The van der Waals surface area contributed by atoms with Gasteiger partial charge in [-0.15, -0.1) is 12.4 Å². The summed E-state index contributed by atoms with van der Waals surface area (Å²) in [6.45, 7) is 5.33. The van der Waals surface area contributed by atoms with Crippen LogP contribution in [0.4, 0.5) is 0 Å². The Morgan fingerprint density at radius 1 is 1.33 bits per heavy atom. The van der Waals surface area contributed by atoms with Crippen molar-refractivity contribution >= 4 is 24.2 Å². The third-order valence-corrected chi connectivity index (χ3v) is 4.52. The lowest BCUT2D eigenvalue weighted by molar-refractivity contribution is -0.121. The molecule has 0 saturated carbocycles. The fraction of sp³-hybridized carbons (Fsp3) is 0.688. The molecule has 1 aliphatic rings. The zero-order valence-electron chi connectivity index (χ0n) is 14.7. The number of hydrogen-bond acceptors (Lipinski definition) is 4. The molecule has 24 heavy (non-hydrogen) atoms. The molecule has 1 saturated heterocycles. The van der Waals surface area contributed by atoms with Gasteiger partial charge in [0.1, 0.15) is 0 Å². The third-order valence-electron chi connectivity index (χ3n) is 4.52. The van der Waals surface area contributed by atoms with Crippen molar-refractivity contribution in [2.75, 3.05) is 19.6 Å². The maximum absolute atomic E-state index is 13.0. The highest BCUT2D eigenvalue weighted by Gasteiger charge is 2.30. The van der Waals surface area contributed by atoms with Gasteiger partial charge in [0.2, 0.25) is 5.91 Å². The standard InChI is InChI=1S/C16H27N5O2.ClH/c1-11-15(12(2)20(3)19-11)16(23)21-9-5-4-6-13(21)10-18-14(22)7-8-17;/h13H,4-10,17H2,1-3H3,(H,18,22);1H. The van der Waals surface area contributed by atoms with Gasteiger partial charge >= 0.3 is 0 Å². The first-order valence-corrected chi connectivity index (χ1v) is 8.23. The van der Waals surface area contributed by atoms with E-state index in [0.717, 1.165) is 37.2 Å². The molecular weight excluding hydrogens is 330 g/mol. The average molecular weight is 358 g/mol. The van der Waals surface area contributed by atoms with E-state index in [1.807, 2.05) is 25.8 Å². The Morgan fingerprint density at radius 2 is 2.04 bits per heavy atom. The van der Waals surface area contributed by atoms with Crippen molar-refractivity contribution in [3.63, 3.8) is 0 Å². The molecule has 2 rings (SSSR count). The quantitative estimate of drug-likeness (QED) is 0.819. The molecule has 1 aliphatic heterocycles. The monoisotopic (exact) mass is 357 g/mol. The molecule has 1 aromatic rings. The molecule has 0 spiro atoms. The second-order valence-electron chi connectivity index (χ2n) is 6.16. The summed E-state index contributed by atoms with van der Waals surface area (Å²) in [5.41, 5.74) is 7.71. The van der Waals surface area contributed by atoms with E-state index in [-0.39, 0.29) is 30.3 Å². The number of carbonyl (C=O) groups excluding carboxylic acids is 2. The minimum atomic E-state index is -0.0563. The SMILES string of the molecule is Cc1nn(C)c(C)c1C(=O)N1CCCCC1CNC(=O)CCN.Cl. The van der Waals surface area contributed by atoms with Crippen molar-refractivity contribution in [1.29, 1.82) is 0 Å². The normalized spacial score (nSPS) is 17.3. The van der Waals surface area contributed by atoms with Gasteiger partial charge < -0.3 is 16.0 Å². The van der Waals surface area contributed by atoms with Gasteiger partial charge in [0.25, 0.3) is 5.91 Å². The minimum Gasteiger partial charge on any atom is -0.354 e. The first kappa shape index (κ1) is 20.4. The fourth-order valence-electron chi connectivity index (χ4n) is 3.16. The largest absolute Gasteiger partial charge is 0.354 e. The van der Waals surface area contributed by atoms with Crippen LogP contribution in [-0.2, 0) is 11.8 Å². The van der Waals surface area contributed by atoms with Crippen LogP contribution in [-0.4, -0.2) is 52.2 Å². The summed E-state index contributed by atoms with van der Waals surface area (Å²) in [6, 6.07) is 0.0389. The van der Waals surface area contributed by atoms with E-state index in [1.165, 1.54) is 0 Å². The molecule has 8 heteroatoms. The molecule has 1 unspecified atom stereocenters. The molecule has 0 bridgehead atoms. The van der Waals surface area contributed by atoms with Crippen LogP contribution in [0.25, 0.3) is 0 Å². The Hall–Kier alpha value is -1.60. The van der Waals surface area contributed by atoms with Gasteiger partial charge in [0.15, 0.2) is 0 Å². The molecule has 1 fully saturated rings. The smallest absolute Gasteiger partial charge is 0.257 e. The fourth-order valence-corrected chi connectivity index (χ4v) is 3.16. The van der Waals surface area contributed by atoms with Crippen LogP contribution in [0, 0.1) is 13.8 Å². The van der Waals surface area contributed by atoms with Gasteiger partial charge in [0, 0.05) is 44.8 Å². The predicted molar refractivity (Wildman–Crippen MR) is 95.3 cm³/mol. The number of hydrogen-bond donors (Lipinski definition) is 2. The van der Waals surface area contributed by atoms with Crippen molar-refractivity contribution in [2.24, 2.45) is 12.8 Å². The lowest BCUT2D eigenvalue weighted by Gasteiger charge is -2.36. The number of likely N-dealkylation sites (tertiary alicyclic amines) is 1. The number of aromatic nitrogens is 2. The van der Waals surface area contributed by atoms with Gasteiger partial charge in [0.05, 0.1) is 11.3 Å². The van der Waals surface area contributed by atoms with Gasteiger partial charge in [-0.25, -0.2) is 0 Å². The van der Waals surface area contributed by atoms with E-state index in [4.69, 9.17) is 5.73 Å². The topological polar surface area (TPSA) is 93.2 Å². The van der Waals surface area contributed by atoms with Crippen molar-refractivity contribution in [3.8, 4) is 0 Å². The highest BCUT2D eigenvalue weighted by atomic mass is 35.5. The Labute approximate surface area is 149 Å².